The molecule has 2 aromatic carbocycles. The van der Waals surface area contributed by atoms with Gasteiger partial charge in [-0.05, 0) is 43.9 Å². The number of benzene rings is 2. The van der Waals surface area contributed by atoms with Crippen LogP contribution in [-0.4, -0.2) is 23.1 Å². The Hall–Kier alpha value is -2.88. The molecule has 1 aliphatic heterocycles. The van der Waals surface area contributed by atoms with E-state index in [0.717, 1.165) is 49.9 Å². The van der Waals surface area contributed by atoms with Gasteiger partial charge in [0.15, 0.2) is 0 Å². The van der Waals surface area contributed by atoms with Crippen LogP contribution < -0.4 is 9.80 Å². The van der Waals surface area contributed by atoms with Crippen LogP contribution in [0.1, 0.15) is 30.2 Å². The first-order chi connectivity index (χ1) is 13.2. The predicted octanol–water partition coefficient (Wildman–Crippen LogP) is 4.90. The predicted molar refractivity (Wildman–Crippen MR) is 112 cm³/mol. The summed E-state index contributed by atoms with van der Waals surface area (Å²) < 4.78 is 0. The Labute approximate surface area is 161 Å². The molecule has 0 amide bonds. The number of anilines is 3. The average molecular weight is 358 g/mol. The van der Waals surface area contributed by atoms with Gasteiger partial charge in [-0.3, -0.25) is 0 Å². The molecule has 3 aromatic rings. The number of fused-ring (bicyclic) bond motifs is 1. The lowest BCUT2D eigenvalue weighted by atomic mass is 10.0. The van der Waals surface area contributed by atoms with E-state index in [1.165, 1.54) is 16.8 Å². The summed E-state index contributed by atoms with van der Waals surface area (Å²) in [6.45, 7) is 6.90. The van der Waals surface area contributed by atoms with Crippen LogP contribution in [0.2, 0.25) is 0 Å². The van der Waals surface area contributed by atoms with Crippen molar-refractivity contribution in [1.29, 1.82) is 0 Å². The van der Waals surface area contributed by atoms with Crippen LogP contribution in [0, 0.1) is 6.92 Å². The van der Waals surface area contributed by atoms with Gasteiger partial charge in [0.25, 0.3) is 0 Å². The van der Waals surface area contributed by atoms with Gasteiger partial charge >= 0.3 is 0 Å². The van der Waals surface area contributed by atoms with E-state index in [-0.39, 0.29) is 0 Å². The summed E-state index contributed by atoms with van der Waals surface area (Å²) in [6.07, 6.45) is 2.29. The van der Waals surface area contributed by atoms with Gasteiger partial charge in [-0.15, -0.1) is 0 Å². The summed E-state index contributed by atoms with van der Waals surface area (Å²) in [5, 5.41) is 0. The summed E-state index contributed by atoms with van der Waals surface area (Å²) in [7, 11) is 0. The highest BCUT2D eigenvalue weighted by Gasteiger charge is 2.20. The maximum absolute atomic E-state index is 4.96. The minimum absolute atomic E-state index is 0.805. The highest BCUT2D eigenvalue weighted by molar-refractivity contribution is 5.66. The maximum atomic E-state index is 4.96. The van der Waals surface area contributed by atoms with E-state index in [1.807, 2.05) is 0 Å². The van der Waals surface area contributed by atoms with Gasteiger partial charge in [0.2, 0.25) is 5.95 Å². The molecule has 27 heavy (non-hydrogen) atoms. The molecule has 0 saturated heterocycles. The lowest BCUT2D eigenvalue weighted by molar-refractivity contribution is 0.747. The fourth-order valence-electron chi connectivity index (χ4n) is 3.72. The van der Waals surface area contributed by atoms with Gasteiger partial charge in [0, 0.05) is 37.1 Å². The quantitative estimate of drug-likeness (QED) is 0.650. The first kappa shape index (κ1) is 17.5. The van der Waals surface area contributed by atoms with E-state index >= 15 is 0 Å². The van der Waals surface area contributed by atoms with Crippen molar-refractivity contribution in [2.45, 2.75) is 33.2 Å². The van der Waals surface area contributed by atoms with Crippen molar-refractivity contribution in [2.75, 3.05) is 22.9 Å². The van der Waals surface area contributed by atoms with Crippen molar-refractivity contribution < 1.29 is 0 Å². The highest BCUT2D eigenvalue weighted by Crippen LogP contribution is 2.33. The molecule has 0 N–H and O–H groups in total. The number of aromatic nitrogens is 2. The number of hydrogen-bond acceptors (Lipinski definition) is 4. The highest BCUT2D eigenvalue weighted by atomic mass is 15.3. The molecule has 0 spiro atoms. The number of nitrogens with zero attached hydrogens (tertiary/aromatic N) is 4. The average Bonchev–Trinajstić information content (AvgIpc) is 2.72. The SMILES string of the molecule is CCN(Cc1ccccc1)c1nc(C)cc(N2CCCc3ccccc32)n1. The Morgan fingerprint density at radius 3 is 2.59 bits per heavy atom. The Bertz CT molecular complexity index is 907. The molecule has 0 bridgehead atoms. The Balaban J connectivity index is 1.67. The zero-order valence-electron chi connectivity index (χ0n) is 16.1. The summed E-state index contributed by atoms with van der Waals surface area (Å²) >= 11 is 0. The number of hydrogen-bond donors (Lipinski definition) is 0. The second kappa shape index (κ2) is 7.78. The third kappa shape index (κ3) is 3.80. The number of aryl methyl sites for hydroxylation is 2. The first-order valence-electron chi connectivity index (χ1n) is 9.74. The second-order valence-corrected chi connectivity index (χ2v) is 7.05. The fourth-order valence-corrected chi connectivity index (χ4v) is 3.72. The molecule has 4 heteroatoms. The van der Waals surface area contributed by atoms with Gasteiger partial charge in [0.1, 0.15) is 5.82 Å². The van der Waals surface area contributed by atoms with E-state index in [1.54, 1.807) is 0 Å². The van der Waals surface area contributed by atoms with Crippen molar-refractivity contribution in [1.82, 2.24) is 9.97 Å². The summed E-state index contributed by atoms with van der Waals surface area (Å²) in [5.74, 6) is 1.80. The topological polar surface area (TPSA) is 32.3 Å². The molecule has 1 aromatic heterocycles. The Morgan fingerprint density at radius 2 is 1.78 bits per heavy atom. The van der Waals surface area contributed by atoms with Crippen LogP contribution >= 0.6 is 0 Å². The van der Waals surface area contributed by atoms with Crippen molar-refractivity contribution in [2.24, 2.45) is 0 Å². The molecule has 0 saturated carbocycles. The molecule has 2 heterocycles. The van der Waals surface area contributed by atoms with Crippen LogP contribution in [0.25, 0.3) is 0 Å². The Morgan fingerprint density at radius 1 is 1.00 bits per heavy atom. The third-order valence-electron chi connectivity index (χ3n) is 5.10. The molecular weight excluding hydrogens is 332 g/mol. The van der Waals surface area contributed by atoms with Crippen LogP contribution in [0.5, 0.6) is 0 Å². The number of para-hydroxylation sites is 1. The molecule has 0 atom stereocenters. The minimum atomic E-state index is 0.805. The molecule has 0 aliphatic carbocycles. The van der Waals surface area contributed by atoms with Gasteiger partial charge in [0.05, 0.1) is 0 Å². The molecular formula is C23H26N4. The molecule has 0 fully saturated rings. The van der Waals surface area contributed by atoms with E-state index in [9.17, 15) is 0 Å². The normalized spacial score (nSPS) is 13.3. The molecule has 4 nitrogen and oxygen atoms in total. The van der Waals surface area contributed by atoms with Crippen LogP contribution in [0.15, 0.2) is 60.7 Å². The van der Waals surface area contributed by atoms with E-state index in [4.69, 9.17) is 9.97 Å². The fraction of sp³-hybridized carbons (Fsp3) is 0.304. The van der Waals surface area contributed by atoms with Crippen molar-refractivity contribution in [3.8, 4) is 0 Å². The van der Waals surface area contributed by atoms with Gasteiger partial charge in [-0.1, -0.05) is 48.5 Å². The minimum Gasteiger partial charge on any atom is -0.337 e. The van der Waals surface area contributed by atoms with Crippen LogP contribution in [-0.2, 0) is 13.0 Å². The molecule has 4 rings (SSSR count). The monoisotopic (exact) mass is 358 g/mol. The molecule has 0 unspecified atom stereocenters. The van der Waals surface area contributed by atoms with Gasteiger partial charge in [-0.25, -0.2) is 4.98 Å². The van der Waals surface area contributed by atoms with Crippen molar-refractivity contribution in [3.05, 3.63) is 77.5 Å². The third-order valence-corrected chi connectivity index (χ3v) is 5.10. The molecule has 1 aliphatic rings. The second-order valence-electron chi connectivity index (χ2n) is 7.05. The summed E-state index contributed by atoms with van der Waals surface area (Å²) in [4.78, 5) is 14.3. The van der Waals surface area contributed by atoms with Crippen LogP contribution in [0.4, 0.5) is 17.5 Å². The maximum Gasteiger partial charge on any atom is 0.227 e. The lowest BCUT2D eigenvalue weighted by Gasteiger charge is -2.31. The Kier molecular flexibility index (Phi) is 5.05. The smallest absolute Gasteiger partial charge is 0.227 e. The molecule has 138 valence electrons. The van der Waals surface area contributed by atoms with Gasteiger partial charge < -0.3 is 9.80 Å². The zero-order chi connectivity index (χ0) is 18.6. The van der Waals surface area contributed by atoms with Crippen molar-refractivity contribution in [3.63, 3.8) is 0 Å². The van der Waals surface area contributed by atoms with E-state index in [2.05, 4.69) is 84.3 Å². The van der Waals surface area contributed by atoms with E-state index in [0.29, 0.717) is 0 Å². The summed E-state index contributed by atoms with van der Waals surface area (Å²) in [5.41, 5.74) is 4.95. The van der Waals surface area contributed by atoms with Crippen LogP contribution in [0.3, 0.4) is 0 Å². The lowest BCUT2D eigenvalue weighted by Crippen LogP contribution is -2.28. The standard InChI is InChI=1S/C23H26N4/c1-3-26(17-19-10-5-4-6-11-19)23-24-18(2)16-22(25-23)27-15-9-13-20-12-7-8-14-21(20)27/h4-8,10-12,14,16H,3,9,13,15,17H2,1-2H3. The number of rotatable bonds is 5. The zero-order valence-corrected chi connectivity index (χ0v) is 16.1. The first-order valence-corrected chi connectivity index (χ1v) is 9.74. The molecule has 0 radical (unpaired) electrons. The van der Waals surface area contributed by atoms with Crippen molar-refractivity contribution >= 4 is 17.5 Å². The van der Waals surface area contributed by atoms with E-state index < -0.39 is 0 Å². The largest absolute Gasteiger partial charge is 0.337 e. The summed E-state index contributed by atoms with van der Waals surface area (Å²) in [6, 6.07) is 21.3. The van der Waals surface area contributed by atoms with Gasteiger partial charge in [-0.2, -0.15) is 4.98 Å².